The number of rotatable bonds is 26. The first-order valence-corrected chi connectivity index (χ1v) is 15.8. The van der Waals surface area contributed by atoms with E-state index in [1.807, 2.05) is 0 Å². The van der Waals surface area contributed by atoms with Gasteiger partial charge in [-0.2, -0.15) is 0 Å². The smallest absolute Gasteiger partial charge is 0.790 e. The van der Waals surface area contributed by atoms with Crippen LogP contribution in [0.2, 0.25) is 0 Å². The summed E-state index contributed by atoms with van der Waals surface area (Å²) in [4.78, 5) is 45.8. The van der Waals surface area contributed by atoms with Gasteiger partial charge in [0.15, 0.2) is 6.10 Å². The fraction of sp³-hybridized carbons (Fsp3) is 0.926. The minimum absolute atomic E-state index is 0. The molecule has 1 unspecified atom stereocenters. The molecule has 0 aromatic heterocycles. The Hall–Kier alpha value is 1.05. The maximum Gasteiger partial charge on any atom is 1.00 e. The normalized spacial score (nSPS) is 11.8. The molecule has 38 heavy (non-hydrogen) atoms. The number of carbonyl (C=O) groups is 2. The Labute approximate surface area is 276 Å². The molecule has 0 rings (SSSR count). The number of phosphoric ester groups is 1. The van der Waals surface area contributed by atoms with E-state index in [2.05, 4.69) is 18.4 Å². The van der Waals surface area contributed by atoms with E-state index in [-0.39, 0.29) is 78.6 Å². The fourth-order valence-electron chi connectivity index (χ4n) is 3.95. The van der Waals surface area contributed by atoms with E-state index < -0.39 is 32.5 Å². The van der Waals surface area contributed by atoms with E-state index >= 15 is 0 Å². The van der Waals surface area contributed by atoms with Crippen LogP contribution in [0.25, 0.3) is 0 Å². The summed E-state index contributed by atoms with van der Waals surface area (Å²) in [5.41, 5.74) is 0. The van der Waals surface area contributed by atoms with E-state index in [1.165, 1.54) is 64.2 Å². The summed E-state index contributed by atoms with van der Waals surface area (Å²) in [6.07, 6.45) is 19.5. The third-order valence-corrected chi connectivity index (χ3v) is 6.58. The molecular weight excluding hydrogens is 529 g/mol. The number of ether oxygens (including phenoxy) is 2. The number of unbranched alkanes of at least 4 members (excludes halogenated alkanes) is 16. The monoisotopic (exact) mass is 580 g/mol. The predicted molar refractivity (Wildman–Crippen MR) is 138 cm³/mol. The van der Waals surface area contributed by atoms with Gasteiger partial charge >= 0.3 is 71.1 Å². The van der Waals surface area contributed by atoms with Crippen molar-refractivity contribution < 1.29 is 97.1 Å². The third-order valence-electron chi connectivity index (χ3n) is 6.12. The maximum atomic E-state index is 12.1. The molecule has 0 heterocycles. The van der Waals surface area contributed by atoms with E-state index in [9.17, 15) is 23.9 Å². The summed E-state index contributed by atoms with van der Waals surface area (Å²) in [7, 11) is -5.22. The molecule has 0 radical (unpaired) electrons. The van der Waals surface area contributed by atoms with Crippen molar-refractivity contribution in [2.24, 2.45) is 0 Å². The Morgan fingerprint density at radius 3 is 1.37 bits per heavy atom. The van der Waals surface area contributed by atoms with Gasteiger partial charge in [-0.15, -0.1) is 0 Å². The Morgan fingerprint density at radius 2 is 0.974 bits per heavy atom. The van der Waals surface area contributed by atoms with Crippen LogP contribution < -0.4 is 68.9 Å². The Kier molecular flexibility index (Phi) is 35.5. The van der Waals surface area contributed by atoms with Crippen molar-refractivity contribution in [1.82, 2.24) is 0 Å². The van der Waals surface area contributed by atoms with Gasteiger partial charge in [-0.05, 0) is 12.8 Å². The van der Waals surface area contributed by atoms with Gasteiger partial charge < -0.3 is 28.3 Å². The van der Waals surface area contributed by atoms with Crippen molar-refractivity contribution in [3.63, 3.8) is 0 Å². The Bertz CT molecular complexity index is 589. The molecular formula is C27H51Na2O8P. The van der Waals surface area contributed by atoms with Gasteiger partial charge in [-0.3, -0.25) is 9.59 Å². The van der Waals surface area contributed by atoms with E-state index in [4.69, 9.17) is 9.47 Å². The molecule has 0 amide bonds. The summed E-state index contributed by atoms with van der Waals surface area (Å²) >= 11 is 0. The zero-order chi connectivity index (χ0) is 26.9. The van der Waals surface area contributed by atoms with Crippen LogP contribution in [0.5, 0.6) is 0 Å². The standard InChI is InChI=1S/C27H53O8P.2Na/c1-3-5-7-9-11-13-15-17-19-21-26(28)33-23-25(24-34-36(30,31)32)35-27(29)22-20-18-16-14-12-10-8-6-4-2;;/h25H,3-24H2,1-2H3,(H2,30,31,32);;/q;2*+1/p-2. The topological polar surface area (TPSA) is 125 Å². The molecule has 0 fully saturated rings. The molecule has 0 saturated carbocycles. The summed E-state index contributed by atoms with van der Waals surface area (Å²) in [5.74, 6) is -0.960. The van der Waals surface area contributed by atoms with Gasteiger partial charge in [-0.25, -0.2) is 0 Å². The van der Waals surface area contributed by atoms with Gasteiger partial charge in [0, 0.05) is 12.8 Å². The number of hydrogen-bond donors (Lipinski definition) is 0. The molecule has 0 saturated heterocycles. The quantitative estimate of drug-likeness (QED) is 0.0613. The Morgan fingerprint density at radius 1 is 0.605 bits per heavy atom. The number of esters is 2. The summed E-state index contributed by atoms with van der Waals surface area (Å²) in [5, 5.41) is 0. The number of carbonyl (C=O) groups excluding carboxylic acids is 2. The summed E-state index contributed by atoms with van der Waals surface area (Å²) in [6.45, 7) is 3.40. The number of hydrogen-bond acceptors (Lipinski definition) is 8. The minimum Gasteiger partial charge on any atom is -0.790 e. The van der Waals surface area contributed by atoms with Crippen LogP contribution in [-0.2, 0) is 28.2 Å². The minimum atomic E-state index is -5.22. The first-order chi connectivity index (χ1) is 17.3. The zero-order valence-corrected chi connectivity index (χ0v) is 29.7. The molecule has 0 N–H and O–H groups in total. The van der Waals surface area contributed by atoms with Gasteiger partial charge in [0.25, 0.3) is 0 Å². The molecule has 0 aliphatic heterocycles. The fourth-order valence-corrected chi connectivity index (χ4v) is 4.30. The van der Waals surface area contributed by atoms with E-state index in [0.29, 0.717) is 12.8 Å². The van der Waals surface area contributed by atoms with Crippen molar-refractivity contribution >= 4 is 19.8 Å². The second-order valence-corrected chi connectivity index (χ2v) is 10.8. The van der Waals surface area contributed by atoms with Gasteiger partial charge in [0.1, 0.15) is 6.61 Å². The van der Waals surface area contributed by atoms with E-state index in [1.54, 1.807) is 0 Å². The third kappa shape index (κ3) is 33.3. The molecule has 0 aromatic carbocycles. The first kappa shape index (κ1) is 43.5. The molecule has 214 valence electrons. The van der Waals surface area contributed by atoms with Crippen LogP contribution in [0.1, 0.15) is 142 Å². The van der Waals surface area contributed by atoms with E-state index in [0.717, 1.165) is 38.5 Å². The van der Waals surface area contributed by atoms with Crippen molar-refractivity contribution in [3.8, 4) is 0 Å². The SMILES string of the molecule is CCCCCCCCCCCC(=O)OCC(COP(=O)([O-])[O-])OC(=O)CCCCCCCCCCC.[Na+].[Na+]. The average molecular weight is 581 g/mol. The first-order valence-electron chi connectivity index (χ1n) is 14.3. The van der Waals surface area contributed by atoms with Crippen molar-refractivity contribution in [2.75, 3.05) is 13.2 Å². The van der Waals surface area contributed by atoms with Crippen molar-refractivity contribution in [2.45, 2.75) is 148 Å². The summed E-state index contributed by atoms with van der Waals surface area (Å²) in [6, 6.07) is 0. The molecule has 0 aliphatic rings. The molecule has 0 aliphatic carbocycles. The zero-order valence-electron chi connectivity index (χ0n) is 24.8. The van der Waals surface area contributed by atoms with Gasteiger partial charge in [-0.1, -0.05) is 117 Å². The molecule has 1 atom stereocenters. The predicted octanol–water partition coefficient (Wildman–Crippen LogP) is 0.137. The van der Waals surface area contributed by atoms with Gasteiger partial charge in [0.05, 0.1) is 14.4 Å². The van der Waals surface area contributed by atoms with Crippen molar-refractivity contribution in [3.05, 3.63) is 0 Å². The second kappa shape index (κ2) is 31.0. The maximum absolute atomic E-state index is 12.1. The van der Waals surface area contributed by atoms with Crippen LogP contribution in [0.3, 0.4) is 0 Å². The largest absolute Gasteiger partial charge is 1.00 e. The van der Waals surface area contributed by atoms with Crippen LogP contribution in [0, 0.1) is 0 Å². The van der Waals surface area contributed by atoms with Crippen molar-refractivity contribution in [1.29, 1.82) is 0 Å². The second-order valence-electron chi connectivity index (χ2n) is 9.69. The molecule has 11 heteroatoms. The molecule has 0 spiro atoms. The van der Waals surface area contributed by atoms with Crippen LogP contribution >= 0.6 is 7.82 Å². The number of phosphoric acid groups is 1. The van der Waals surface area contributed by atoms with Crippen LogP contribution in [0.4, 0.5) is 0 Å². The molecule has 0 bridgehead atoms. The summed E-state index contributed by atoms with van der Waals surface area (Å²) < 4.78 is 25.5. The van der Waals surface area contributed by atoms with Crippen LogP contribution in [-0.4, -0.2) is 31.3 Å². The van der Waals surface area contributed by atoms with Gasteiger partial charge in [0.2, 0.25) is 0 Å². The average Bonchev–Trinajstić information content (AvgIpc) is 2.83. The molecule has 0 aromatic rings. The molecule has 8 nitrogen and oxygen atoms in total. The van der Waals surface area contributed by atoms with Crippen LogP contribution in [0.15, 0.2) is 0 Å². The Balaban J connectivity index is -0.00000612.